The number of piperazine rings is 1. The van der Waals surface area contributed by atoms with Crippen molar-refractivity contribution < 1.29 is 18.0 Å². The maximum absolute atomic E-state index is 13.3. The minimum Gasteiger partial charge on any atom is -0.388 e. The average Bonchev–Trinajstić information content (AvgIpc) is 3.37. The summed E-state index contributed by atoms with van der Waals surface area (Å²) in [6, 6.07) is 24.2. The number of carbonyl (C=O) groups excluding carboxylic acids is 1. The lowest BCUT2D eigenvalue weighted by Crippen LogP contribution is -2.51. The smallest absolute Gasteiger partial charge is 0.271 e. The summed E-state index contributed by atoms with van der Waals surface area (Å²) in [5.41, 5.74) is 1.94. The molecular formula is C30H34N4O4S. The molecule has 2 fully saturated rings. The van der Waals surface area contributed by atoms with Crippen molar-refractivity contribution in [3.63, 3.8) is 0 Å². The molecule has 1 amide bonds. The van der Waals surface area contributed by atoms with Gasteiger partial charge in [-0.1, -0.05) is 71.9 Å². The molecule has 0 atom stereocenters. The third kappa shape index (κ3) is 5.71. The molecule has 0 bridgehead atoms. The fraction of sp³-hybridized carbons (Fsp3) is 0.400. The monoisotopic (exact) mass is 546 g/mol. The van der Waals surface area contributed by atoms with Crippen molar-refractivity contribution in [2.45, 2.75) is 37.2 Å². The molecule has 3 aliphatic heterocycles. The number of hydrogen-bond donors (Lipinski definition) is 0. The molecule has 204 valence electrons. The van der Waals surface area contributed by atoms with Crippen molar-refractivity contribution in [3.8, 4) is 0 Å². The molecule has 8 nitrogen and oxygen atoms in total. The van der Waals surface area contributed by atoms with Gasteiger partial charge in [-0.15, -0.1) is 0 Å². The molecule has 6 rings (SSSR count). The van der Waals surface area contributed by atoms with E-state index in [4.69, 9.17) is 4.84 Å². The third-order valence-electron chi connectivity index (χ3n) is 8.18. The Labute approximate surface area is 229 Å². The Morgan fingerprint density at radius 3 is 2.26 bits per heavy atom. The Morgan fingerprint density at radius 2 is 1.51 bits per heavy atom. The molecule has 0 radical (unpaired) electrons. The molecule has 3 aromatic carbocycles. The maximum Gasteiger partial charge on any atom is 0.271 e. The van der Waals surface area contributed by atoms with Crippen LogP contribution >= 0.6 is 0 Å². The van der Waals surface area contributed by atoms with Crippen LogP contribution < -0.4 is 0 Å². The molecule has 0 aromatic heterocycles. The highest BCUT2D eigenvalue weighted by Crippen LogP contribution is 2.36. The van der Waals surface area contributed by atoms with Crippen molar-refractivity contribution in [1.82, 2.24) is 14.1 Å². The van der Waals surface area contributed by atoms with Gasteiger partial charge in [0, 0.05) is 65.1 Å². The predicted octanol–water partition coefficient (Wildman–Crippen LogP) is 3.62. The zero-order valence-electron chi connectivity index (χ0n) is 22.0. The molecule has 9 heteroatoms. The van der Waals surface area contributed by atoms with Crippen LogP contribution in [0.15, 0.2) is 78.0 Å². The molecule has 3 heterocycles. The number of hydrogen-bond acceptors (Lipinski definition) is 6. The molecular weight excluding hydrogens is 512 g/mol. The number of piperidine rings is 1. The maximum atomic E-state index is 13.3. The van der Waals surface area contributed by atoms with Crippen LogP contribution in [0, 0.1) is 0 Å². The van der Waals surface area contributed by atoms with E-state index < -0.39 is 15.6 Å². The summed E-state index contributed by atoms with van der Waals surface area (Å²) in [5.74, 6) is -0.0641. The molecule has 0 unspecified atom stereocenters. The van der Waals surface area contributed by atoms with E-state index in [1.54, 1.807) is 4.31 Å². The second kappa shape index (κ2) is 10.7. The normalized spacial score (nSPS) is 20.2. The van der Waals surface area contributed by atoms with Gasteiger partial charge in [-0.3, -0.25) is 9.69 Å². The lowest BCUT2D eigenvalue weighted by Gasteiger charge is -2.37. The summed E-state index contributed by atoms with van der Waals surface area (Å²) >= 11 is 0. The zero-order chi connectivity index (χ0) is 26.9. The van der Waals surface area contributed by atoms with E-state index in [-0.39, 0.29) is 11.7 Å². The first-order chi connectivity index (χ1) is 18.9. The summed E-state index contributed by atoms with van der Waals surface area (Å²) < 4.78 is 27.4. The van der Waals surface area contributed by atoms with Gasteiger partial charge in [0.2, 0.25) is 10.0 Å². The first-order valence-corrected chi connectivity index (χ1v) is 15.3. The number of benzene rings is 3. The summed E-state index contributed by atoms with van der Waals surface area (Å²) in [7, 11) is -3.41. The van der Waals surface area contributed by atoms with E-state index in [2.05, 4.69) is 52.5 Å². The van der Waals surface area contributed by atoms with Gasteiger partial charge in [0.1, 0.15) is 11.3 Å². The van der Waals surface area contributed by atoms with Crippen molar-refractivity contribution in [3.05, 3.63) is 83.9 Å². The second-order valence-corrected chi connectivity index (χ2v) is 12.8. The van der Waals surface area contributed by atoms with Crippen LogP contribution in [0.4, 0.5) is 0 Å². The summed E-state index contributed by atoms with van der Waals surface area (Å²) in [6.07, 6.45) is 1.50. The standard InChI is InChI=1S/C30H34N4O4S/c35-29(33-18-16-32(17-19-33)22-25-10-11-26-8-4-5-9-27(26)20-25)28-21-30(38-31-28)12-14-34(15-13-30)39(36,37)23-24-6-2-1-3-7-24/h1-11,20H,12-19,21-23H2. The average molecular weight is 547 g/mol. The highest BCUT2D eigenvalue weighted by Gasteiger charge is 2.46. The summed E-state index contributed by atoms with van der Waals surface area (Å²) in [6.45, 7) is 4.55. The van der Waals surface area contributed by atoms with Gasteiger partial charge in [0.25, 0.3) is 5.91 Å². The lowest BCUT2D eigenvalue weighted by atomic mass is 9.87. The fourth-order valence-corrected chi connectivity index (χ4v) is 7.37. The third-order valence-corrected chi connectivity index (χ3v) is 10.0. The Kier molecular flexibility index (Phi) is 7.14. The quantitative estimate of drug-likeness (QED) is 0.472. The minimum absolute atomic E-state index is 0.00518. The number of fused-ring (bicyclic) bond motifs is 1. The predicted molar refractivity (Wildman–Crippen MR) is 152 cm³/mol. The van der Waals surface area contributed by atoms with E-state index in [0.717, 1.165) is 25.2 Å². The van der Waals surface area contributed by atoms with Crippen molar-refractivity contribution in [2.75, 3.05) is 39.3 Å². The van der Waals surface area contributed by atoms with E-state index in [9.17, 15) is 13.2 Å². The molecule has 0 aliphatic carbocycles. The van der Waals surface area contributed by atoms with E-state index in [1.165, 1.54) is 16.3 Å². The first-order valence-electron chi connectivity index (χ1n) is 13.7. The van der Waals surface area contributed by atoms with Gasteiger partial charge in [-0.05, 0) is 28.0 Å². The van der Waals surface area contributed by atoms with Crippen LogP contribution in [0.25, 0.3) is 10.8 Å². The minimum atomic E-state index is -3.41. The first kappa shape index (κ1) is 26.0. The number of carbonyl (C=O) groups is 1. The number of amides is 1. The van der Waals surface area contributed by atoms with Crippen molar-refractivity contribution in [1.29, 1.82) is 0 Å². The number of oxime groups is 1. The molecule has 0 saturated carbocycles. The highest BCUT2D eigenvalue weighted by molar-refractivity contribution is 7.88. The van der Waals surface area contributed by atoms with E-state index in [0.29, 0.717) is 51.2 Å². The van der Waals surface area contributed by atoms with Gasteiger partial charge in [-0.25, -0.2) is 12.7 Å². The SMILES string of the molecule is O=C(C1=NOC2(CCN(S(=O)(=O)Cc3ccccc3)CC2)C1)N1CCN(Cc2ccc3ccccc3c2)CC1. The van der Waals surface area contributed by atoms with Gasteiger partial charge >= 0.3 is 0 Å². The van der Waals surface area contributed by atoms with Gasteiger partial charge in [-0.2, -0.15) is 0 Å². The lowest BCUT2D eigenvalue weighted by molar-refractivity contribution is -0.126. The number of rotatable bonds is 6. The molecule has 0 N–H and O–H groups in total. The fourth-order valence-electron chi connectivity index (χ4n) is 5.84. The van der Waals surface area contributed by atoms with Crippen LogP contribution in [0.5, 0.6) is 0 Å². The molecule has 3 aromatic rings. The Bertz CT molecular complexity index is 1480. The topological polar surface area (TPSA) is 82.5 Å². The molecule has 2 saturated heterocycles. The van der Waals surface area contributed by atoms with E-state index in [1.807, 2.05) is 35.2 Å². The number of sulfonamides is 1. The Hall–Kier alpha value is -3.27. The van der Waals surface area contributed by atoms with Crippen LogP contribution in [0.3, 0.4) is 0 Å². The molecule has 3 aliphatic rings. The Morgan fingerprint density at radius 1 is 0.821 bits per heavy atom. The van der Waals surface area contributed by atoms with Gasteiger partial charge in [0.15, 0.2) is 0 Å². The van der Waals surface area contributed by atoms with Gasteiger partial charge < -0.3 is 9.74 Å². The molecule has 1 spiro atoms. The summed E-state index contributed by atoms with van der Waals surface area (Å²) in [4.78, 5) is 23.3. The number of nitrogens with zero attached hydrogens (tertiary/aromatic N) is 4. The summed E-state index contributed by atoms with van der Waals surface area (Å²) in [5, 5.41) is 6.69. The van der Waals surface area contributed by atoms with Gasteiger partial charge in [0.05, 0.1) is 5.75 Å². The van der Waals surface area contributed by atoms with Crippen LogP contribution in [0.2, 0.25) is 0 Å². The largest absolute Gasteiger partial charge is 0.388 e. The second-order valence-electron chi connectivity index (χ2n) is 10.9. The van der Waals surface area contributed by atoms with E-state index >= 15 is 0 Å². The van der Waals surface area contributed by atoms with Crippen molar-refractivity contribution >= 4 is 32.4 Å². The Balaban J connectivity index is 0.986. The van der Waals surface area contributed by atoms with Crippen LogP contribution in [-0.2, 0) is 32.0 Å². The molecule has 39 heavy (non-hydrogen) atoms. The van der Waals surface area contributed by atoms with Crippen LogP contribution in [-0.4, -0.2) is 79.0 Å². The van der Waals surface area contributed by atoms with Crippen LogP contribution in [0.1, 0.15) is 30.4 Å². The van der Waals surface area contributed by atoms with Crippen molar-refractivity contribution in [2.24, 2.45) is 5.16 Å². The zero-order valence-corrected chi connectivity index (χ0v) is 22.9. The highest BCUT2D eigenvalue weighted by atomic mass is 32.2.